The van der Waals surface area contributed by atoms with Crippen molar-refractivity contribution in [3.8, 4) is 0 Å². The number of rotatable bonds is 5. The maximum Gasteiger partial charge on any atom is 0.251 e. The Hall–Kier alpha value is -2.77. The van der Waals surface area contributed by atoms with Crippen LogP contribution in [0.25, 0.3) is 6.08 Å². The molecule has 5 nitrogen and oxygen atoms in total. The molecular formula is C22H19Br2N3O2. The normalized spacial score (nSPS) is 10.1. The van der Waals surface area contributed by atoms with Gasteiger partial charge in [-0.3, -0.25) is 14.6 Å². The zero-order chi connectivity index (χ0) is 21.1. The van der Waals surface area contributed by atoms with E-state index in [0.29, 0.717) is 12.1 Å². The number of primary amides is 1. The van der Waals surface area contributed by atoms with Gasteiger partial charge in [-0.15, -0.1) is 0 Å². The molecule has 0 radical (unpaired) electrons. The molecule has 0 atom stereocenters. The van der Waals surface area contributed by atoms with Crippen LogP contribution in [0.3, 0.4) is 0 Å². The van der Waals surface area contributed by atoms with E-state index < -0.39 is 5.91 Å². The Labute approximate surface area is 186 Å². The minimum Gasteiger partial charge on any atom is -0.366 e. The third-order valence-electron chi connectivity index (χ3n) is 3.62. The first-order valence-electron chi connectivity index (χ1n) is 8.60. The lowest BCUT2D eigenvalue weighted by Gasteiger charge is -2.06. The molecule has 0 bridgehead atoms. The van der Waals surface area contributed by atoms with Crippen molar-refractivity contribution in [2.45, 2.75) is 6.54 Å². The maximum absolute atomic E-state index is 11.8. The van der Waals surface area contributed by atoms with E-state index in [9.17, 15) is 9.59 Å². The zero-order valence-corrected chi connectivity index (χ0v) is 18.6. The minimum atomic E-state index is -0.443. The molecule has 0 fully saturated rings. The molecule has 2 amide bonds. The second kappa shape index (κ2) is 11.9. The summed E-state index contributed by atoms with van der Waals surface area (Å²) in [6.45, 7) is 0.513. The Bertz CT molecular complexity index is 978. The van der Waals surface area contributed by atoms with Gasteiger partial charge in [-0.25, -0.2) is 0 Å². The van der Waals surface area contributed by atoms with E-state index in [1.54, 1.807) is 42.7 Å². The highest BCUT2D eigenvalue weighted by atomic mass is 79.9. The van der Waals surface area contributed by atoms with Crippen molar-refractivity contribution in [1.82, 2.24) is 10.3 Å². The van der Waals surface area contributed by atoms with E-state index in [1.165, 1.54) is 6.08 Å². The van der Waals surface area contributed by atoms with Gasteiger partial charge in [-0.2, -0.15) is 0 Å². The molecule has 0 aliphatic rings. The SMILES string of the molecule is NC(=O)/C=C/c1ccncc1.O=C(NCc1ccc(Br)c(Br)c1)c1ccccc1. The molecule has 3 aromatic rings. The summed E-state index contributed by atoms with van der Waals surface area (Å²) < 4.78 is 1.98. The van der Waals surface area contributed by atoms with Crippen LogP contribution in [0.1, 0.15) is 21.5 Å². The quantitative estimate of drug-likeness (QED) is 0.481. The lowest BCUT2D eigenvalue weighted by Crippen LogP contribution is -2.22. The van der Waals surface area contributed by atoms with Crippen molar-refractivity contribution in [3.63, 3.8) is 0 Å². The van der Waals surface area contributed by atoms with Crippen molar-refractivity contribution < 1.29 is 9.59 Å². The van der Waals surface area contributed by atoms with Gasteiger partial charge in [-0.1, -0.05) is 24.3 Å². The second-order valence-electron chi connectivity index (χ2n) is 5.81. The Morgan fingerprint density at radius 2 is 1.66 bits per heavy atom. The summed E-state index contributed by atoms with van der Waals surface area (Å²) in [5, 5.41) is 2.89. The fourth-order valence-corrected chi connectivity index (χ4v) is 2.85. The molecule has 2 aromatic carbocycles. The molecule has 1 aromatic heterocycles. The van der Waals surface area contributed by atoms with Gasteiger partial charge in [0.25, 0.3) is 5.91 Å². The van der Waals surface area contributed by atoms with Crippen molar-refractivity contribution in [3.05, 3.63) is 105 Å². The average molecular weight is 517 g/mol. The van der Waals surface area contributed by atoms with Gasteiger partial charge in [-0.05, 0) is 85.5 Å². The molecule has 1 heterocycles. The lowest BCUT2D eigenvalue weighted by atomic mass is 10.2. The zero-order valence-electron chi connectivity index (χ0n) is 15.4. The molecule has 0 spiro atoms. The Morgan fingerprint density at radius 1 is 0.966 bits per heavy atom. The molecule has 0 unspecified atom stereocenters. The van der Waals surface area contributed by atoms with E-state index in [4.69, 9.17) is 5.73 Å². The number of nitrogens with zero attached hydrogens (tertiary/aromatic N) is 1. The van der Waals surface area contributed by atoms with E-state index in [2.05, 4.69) is 42.2 Å². The highest BCUT2D eigenvalue weighted by Crippen LogP contribution is 2.23. The van der Waals surface area contributed by atoms with Crippen molar-refractivity contribution >= 4 is 49.8 Å². The summed E-state index contributed by atoms with van der Waals surface area (Å²) in [5.41, 5.74) is 7.54. The van der Waals surface area contributed by atoms with E-state index in [1.807, 2.05) is 36.4 Å². The summed E-state index contributed by atoms with van der Waals surface area (Å²) in [6.07, 6.45) is 6.26. The van der Waals surface area contributed by atoms with Crippen LogP contribution in [0.15, 0.2) is 88.1 Å². The maximum atomic E-state index is 11.8. The molecular weight excluding hydrogens is 498 g/mol. The minimum absolute atomic E-state index is 0.0605. The molecule has 29 heavy (non-hydrogen) atoms. The number of pyridine rings is 1. The van der Waals surface area contributed by atoms with Crippen molar-refractivity contribution in [1.29, 1.82) is 0 Å². The number of hydrogen-bond donors (Lipinski definition) is 2. The molecule has 0 aliphatic carbocycles. The molecule has 3 rings (SSSR count). The summed E-state index contributed by atoms with van der Waals surface area (Å²) in [7, 11) is 0. The predicted octanol–water partition coefficient (Wildman–Crippen LogP) is 4.72. The third-order valence-corrected chi connectivity index (χ3v) is 5.50. The monoisotopic (exact) mass is 515 g/mol. The first-order valence-corrected chi connectivity index (χ1v) is 10.2. The fourth-order valence-electron chi connectivity index (χ4n) is 2.18. The van der Waals surface area contributed by atoms with E-state index >= 15 is 0 Å². The number of nitrogens with one attached hydrogen (secondary N) is 1. The standard InChI is InChI=1S/C14H11Br2NO.C8H8N2O/c15-12-7-6-10(8-13(12)16)9-17-14(18)11-4-2-1-3-5-11;9-8(11)2-1-7-3-5-10-6-4-7/h1-8H,9H2,(H,17,18);1-6H,(H2,9,11)/b;2-1+. The number of hydrogen-bond acceptors (Lipinski definition) is 3. The van der Waals surface area contributed by atoms with Crippen LogP contribution in [-0.4, -0.2) is 16.8 Å². The Kier molecular flexibility index (Phi) is 9.27. The van der Waals surface area contributed by atoms with E-state index in [0.717, 1.165) is 20.1 Å². The smallest absolute Gasteiger partial charge is 0.251 e. The molecule has 148 valence electrons. The van der Waals surface area contributed by atoms with Crippen LogP contribution in [0.4, 0.5) is 0 Å². The van der Waals surface area contributed by atoms with Gasteiger partial charge >= 0.3 is 0 Å². The van der Waals surface area contributed by atoms with Gasteiger partial charge in [0, 0.05) is 39.5 Å². The topological polar surface area (TPSA) is 85.1 Å². The number of amides is 2. The van der Waals surface area contributed by atoms with Gasteiger partial charge in [0.1, 0.15) is 0 Å². The van der Waals surface area contributed by atoms with E-state index in [-0.39, 0.29) is 5.91 Å². The summed E-state index contributed by atoms with van der Waals surface area (Å²) in [5.74, 6) is -0.503. The molecule has 0 saturated heterocycles. The Balaban J connectivity index is 0.000000234. The highest BCUT2D eigenvalue weighted by Gasteiger charge is 2.04. The van der Waals surface area contributed by atoms with Crippen LogP contribution in [0, 0.1) is 0 Å². The highest BCUT2D eigenvalue weighted by molar-refractivity contribution is 9.13. The van der Waals surface area contributed by atoms with Gasteiger partial charge in [0.15, 0.2) is 0 Å². The Morgan fingerprint density at radius 3 is 2.28 bits per heavy atom. The third kappa shape index (κ3) is 8.41. The number of aromatic nitrogens is 1. The van der Waals surface area contributed by atoms with Crippen LogP contribution in [0.5, 0.6) is 0 Å². The van der Waals surface area contributed by atoms with Gasteiger partial charge in [0.05, 0.1) is 0 Å². The summed E-state index contributed by atoms with van der Waals surface area (Å²) >= 11 is 6.85. The van der Waals surface area contributed by atoms with Crippen LogP contribution in [0.2, 0.25) is 0 Å². The fraction of sp³-hybridized carbons (Fsp3) is 0.0455. The first-order chi connectivity index (χ1) is 14.0. The number of carbonyl (C=O) groups is 2. The number of nitrogens with two attached hydrogens (primary N) is 1. The number of carbonyl (C=O) groups excluding carboxylic acids is 2. The summed E-state index contributed by atoms with van der Waals surface area (Å²) in [6, 6.07) is 18.7. The predicted molar refractivity (Wildman–Crippen MR) is 122 cm³/mol. The average Bonchev–Trinajstić information content (AvgIpc) is 2.75. The number of benzene rings is 2. The second-order valence-corrected chi connectivity index (χ2v) is 7.52. The summed E-state index contributed by atoms with van der Waals surface area (Å²) in [4.78, 5) is 26.0. The van der Waals surface area contributed by atoms with Crippen LogP contribution >= 0.6 is 31.9 Å². The van der Waals surface area contributed by atoms with Crippen LogP contribution in [-0.2, 0) is 11.3 Å². The van der Waals surface area contributed by atoms with Crippen molar-refractivity contribution in [2.24, 2.45) is 5.73 Å². The van der Waals surface area contributed by atoms with Crippen molar-refractivity contribution in [2.75, 3.05) is 0 Å². The first kappa shape index (κ1) is 22.5. The van der Waals surface area contributed by atoms with Gasteiger partial charge < -0.3 is 11.1 Å². The molecule has 3 N–H and O–H groups in total. The molecule has 0 saturated carbocycles. The molecule has 7 heteroatoms. The molecule has 0 aliphatic heterocycles. The van der Waals surface area contributed by atoms with Gasteiger partial charge in [0.2, 0.25) is 5.91 Å². The largest absolute Gasteiger partial charge is 0.366 e. The van der Waals surface area contributed by atoms with Crippen LogP contribution < -0.4 is 11.1 Å². The lowest BCUT2D eigenvalue weighted by molar-refractivity contribution is -0.113. The number of halogens is 2.